The number of halogens is 2. The van der Waals surface area contributed by atoms with Crippen molar-refractivity contribution in [3.05, 3.63) is 38.6 Å². The number of thiophene rings is 1. The zero-order valence-corrected chi connectivity index (χ0v) is 13.7. The number of nitrogens with two attached hydrogens (primary N) is 1. The molecule has 0 radical (unpaired) electrons. The summed E-state index contributed by atoms with van der Waals surface area (Å²) in [4.78, 5) is 0. The number of hydrogen-bond donors (Lipinski definition) is 2. The van der Waals surface area contributed by atoms with Crippen molar-refractivity contribution in [3.63, 3.8) is 0 Å². The molecule has 1 aromatic carbocycles. The van der Waals surface area contributed by atoms with E-state index in [1.54, 1.807) is 23.6 Å². The Labute approximate surface area is 126 Å². The molecule has 0 spiro atoms. The van der Waals surface area contributed by atoms with Gasteiger partial charge in [0, 0.05) is 20.0 Å². The van der Waals surface area contributed by atoms with Gasteiger partial charge in [0.25, 0.3) is 10.0 Å². The van der Waals surface area contributed by atoms with E-state index in [1.165, 1.54) is 6.07 Å². The van der Waals surface area contributed by atoms with E-state index < -0.39 is 10.0 Å². The predicted molar refractivity (Wildman–Crippen MR) is 81.4 cm³/mol. The van der Waals surface area contributed by atoms with Crippen LogP contribution in [-0.4, -0.2) is 8.42 Å². The van der Waals surface area contributed by atoms with Crippen LogP contribution in [0, 0.1) is 0 Å². The van der Waals surface area contributed by atoms with E-state index >= 15 is 0 Å². The van der Waals surface area contributed by atoms with E-state index in [-0.39, 0.29) is 4.21 Å². The molecule has 0 unspecified atom stereocenters. The van der Waals surface area contributed by atoms with E-state index in [0.29, 0.717) is 20.3 Å². The van der Waals surface area contributed by atoms with Crippen molar-refractivity contribution >= 4 is 64.6 Å². The van der Waals surface area contributed by atoms with Gasteiger partial charge >= 0.3 is 0 Å². The van der Waals surface area contributed by atoms with Gasteiger partial charge in [-0.3, -0.25) is 4.72 Å². The fourth-order valence-electron chi connectivity index (χ4n) is 1.25. The van der Waals surface area contributed by atoms with E-state index in [2.05, 4.69) is 36.6 Å². The molecular formula is C10H8Br2N2O2S2. The molecule has 18 heavy (non-hydrogen) atoms. The summed E-state index contributed by atoms with van der Waals surface area (Å²) in [7, 11) is -3.61. The van der Waals surface area contributed by atoms with Gasteiger partial charge in [-0.05, 0) is 50.1 Å². The first-order valence-electron chi connectivity index (χ1n) is 4.71. The van der Waals surface area contributed by atoms with Gasteiger partial charge < -0.3 is 5.73 Å². The van der Waals surface area contributed by atoms with E-state index in [9.17, 15) is 8.42 Å². The summed E-state index contributed by atoms with van der Waals surface area (Å²) in [5.41, 5.74) is 6.43. The molecule has 0 atom stereocenters. The molecule has 96 valence electrons. The lowest BCUT2D eigenvalue weighted by Gasteiger charge is -2.10. The van der Waals surface area contributed by atoms with Crippen LogP contribution < -0.4 is 10.5 Å². The number of rotatable bonds is 3. The zero-order valence-electron chi connectivity index (χ0n) is 8.85. The Balaban J connectivity index is 2.40. The summed E-state index contributed by atoms with van der Waals surface area (Å²) in [6.07, 6.45) is 0. The molecule has 3 N–H and O–H groups in total. The van der Waals surface area contributed by atoms with E-state index in [4.69, 9.17) is 5.73 Å². The summed E-state index contributed by atoms with van der Waals surface area (Å²) < 4.78 is 28.3. The van der Waals surface area contributed by atoms with Crippen molar-refractivity contribution in [3.8, 4) is 0 Å². The van der Waals surface area contributed by atoms with Crippen LogP contribution in [0.3, 0.4) is 0 Å². The lowest BCUT2D eigenvalue weighted by molar-refractivity contribution is 0.603. The second kappa shape index (κ2) is 5.20. The van der Waals surface area contributed by atoms with E-state index in [0.717, 1.165) is 11.3 Å². The molecule has 0 bridgehead atoms. The first-order valence-corrected chi connectivity index (χ1v) is 8.66. The number of nitrogen functional groups attached to an aromatic ring is 1. The number of hydrogen-bond acceptors (Lipinski definition) is 4. The Morgan fingerprint density at radius 2 is 1.83 bits per heavy atom. The van der Waals surface area contributed by atoms with Crippen LogP contribution in [0.2, 0.25) is 0 Å². The average molecular weight is 412 g/mol. The Hall–Kier alpha value is -0.570. The maximum Gasteiger partial charge on any atom is 0.271 e. The molecule has 0 aliphatic heterocycles. The number of para-hydroxylation sites is 1. The molecule has 2 rings (SSSR count). The molecule has 0 aliphatic carbocycles. The number of sulfonamides is 1. The summed E-state index contributed by atoms with van der Waals surface area (Å²) in [5.74, 6) is 0. The Bertz CT molecular complexity index is 663. The highest BCUT2D eigenvalue weighted by Crippen LogP contribution is 2.33. The Morgan fingerprint density at radius 1 is 1.22 bits per heavy atom. The lowest BCUT2D eigenvalue weighted by atomic mass is 10.3. The molecule has 1 aromatic heterocycles. The van der Waals surface area contributed by atoms with Crippen LogP contribution in [0.5, 0.6) is 0 Å². The number of benzene rings is 1. The largest absolute Gasteiger partial charge is 0.398 e. The molecule has 8 heteroatoms. The second-order valence-electron chi connectivity index (χ2n) is 3.40. The molecule has 0 aliphatic rings. The molecule has 0 saturated heterocycles. The first kappa shape index (κ1) is 13.9. The van der Waals surface area contributed by atoms with Crippen LogP contribution in [0.15, 0.2) is 42.8 Å². The van der Waals surface area contributed by atoms with Gasteiger partial charge in [0.15, 0.2) is 0 Å². The molecule has 2 aromatic rings. The smallest absolute Gasteiger partial charge is 0.271 e. The van der Waals surface area contributed by atoms with Crippen LogP contribution in [0.25, 0.3) is 0 Å². The van der Waals surface area contributed by atoms with Gasteiger partial charge in [0.05, 0.1) is 5.69 Å². The summed E-state index contributed by atoms with van der Waals surface area (Å²) in [6.45, 7) is 0. The molecule has 4 nitrogen and oxygen atoms in total. The van der Waals surface area contributed by atoms with Crippen LogP contribution >= 0.6 is 43.2 Å². The highest BCUT2D eigenvalue weighted by atomic mass is 79.9. The summed E-state index contributed by atoms with van der Waals surface area (Å²) >= 11 is 7.68. The second-order valence-corrected chi connectivity index (χ2v) is 7.93. The third-order valence-corrected chi connectivity index (χ3v) is 6.19. The zero-order chi connectivity index (χ0) is 13.3. The molecular weight excluding hydrogens is 404 g/mol. The normalized spacial score (nSPS) is 11.4. The third kappa shape index (κ3) is 2.87. The van der Waals surface area contributed by atoms with Crippen molar-refractivity contribution in [2.75, 3.05) is 10.5 Å². The minimum atomic E-state index is -3.61. The van der Waals surface area contributed by atoms with Gasteiger partial charge in [-0.25, -0.2) is 8.42 Å². The molecule has 0 fully saturated rings. The predicted octanol–water partition coefficient (Wildman–Crippen LogP) is 3.66. The minimum absolute atomic E-state index is 0.183. The maximum absolute atomic E-state index is 12.1. The van der Waals surface area contributed by atoms with Gasteiger partial charge in [0.2, 0.25) is 0 Å². The van der Waals surface area contributed by atoms with Crippen molar-refractivity contribution in [2.45, 2.75) is 4.21 Å². The van der Waals surface area contributed by atoms with Crippen molar-refractivity contribution < 1.29 is 8.42 Å². The van der Waals surface area contributed by atoms with Gasteiger partial charge in [-0.15, -0.1) is 11.3 Å². The topological polar surface area (TPSA) is 72.2 Å². The Kier molecular flexibility index (Phi) is 4.00. The van der Waals surface area contributed by atoms with Crippen molar-refractivity contribution in [2.24, 2.45) is 0 Å². The maximum atomic E-state index is 12.1. The minimum Gasteiger partial charge on any atom is -0.398 e. The van der Waals surface area contributed by atoms with Gasteiger partial charge in [-0.1, -0.05) is 6.07 Å². The third-order valence-electron chi connectivity index (χ3n) is 2.06. The van der Waals surface area contributed by atoms with Gasteiger partial charge in [0.1, 0.15) is 4.21 Å². The summed E-state index contributed by atoms with van der Waals surface area (Å²) in [6, 6.07) is 6.74. The fourth-order valence-corrected chi connectivity index (χ4v) is 4.89. The number of anilines is 2. The number of nitrogens with one attached hydrogen (secondary N) is 1. The van der Waals surface area contributed by atoms with Crippen LogP contribution in [-0.2, 0) is 10.0 Å². The van der Waals surface area contributed by atoms with Crippen molar-refractivity contribution in [1.82, 2.24) is 0 Å². The molecule has 1 heterocycles. The molecule has 0 amide bonds. The fraction of sp³-hybridized carbons (Fsp3) is 0. The lowest BCUT2D eigenvalue weighted by Crippen LogP contribution is -2.12. The first-order chi connectivity index (χ1) is 8.40. The standard InChI is InChI=1S/C10H8Br2N2O2S2/c11-7-2-1-3-8(12)10(7)14-18(15,16)9-4-6(13)5-17-9/h1-5,14H,13H2. The monoisotopic (exact) mass is 410 g/mol. The SMILES string of the molecule is Nc1csc(S(=O)(=O)Nc2c(Br)cccc2Br)c1. The average Bonchev–Trinajstić information content (AvgIpc) is 2.71. The van der Waals surface area contributed by atoms with Gasteiger partial charge in [-0.2, -0.15) is 0 Å². The highest BCUT2D eigenvalue weighted by Gasteiger charge is 2.19. The van der Waals surface area contributed by atoms with Crippen molar-refractivity contribution in [1.29, 1.82) is 0 Å². The summed E-state index contributed by atoms with van der Waals surface area (Å²) in [5, 5.41) is 1.59. The molecule has 0 saturated carbocycles. The highest BCUT2D eigenvalue weighted by molar-refractivity contribution is 9.11. The van der Waals surface area contributed by atoms with E-state index in [1.807, 2.05) is 0 Å². The van der Waals surface area contributed by atoms with Crippen LogP contribution in [0.1, 0.15) is 0 Å². The quantitative estimate of drug-likeness (QED) is 0.809. The Morgan fingerprint density at radius 3 is 2.33 bits per heavy atom. The van der Waals surface area contributed by atoms with Crippen LogP contribution in [0.4, 0.5) is 11.4 Å².